The van der Waals surface area contributed by atoms with Crippen LogP contribution in [0, 0.1) is 5.92 Å². The summed E-state index contributed by atoms with van der Waals surface area (Å²) >= 11 is 0. The van der Waals surface area contributed by atoms with Gasteiger partial charge >= 0.3 is 0 Å². The third-order valence-corrected chi connectivity index (χ3v) is 4.19. The van der Waals surface area contributed by atoms with Crippen LogP contribution in [0.2, 0.25) is 0 Å². The molecule has 1 aliphatic rings. The highest BCUT2D eigenvalue weighted by molar-refractivity contribution is 5.92. The van der Waals surface area contributed by atoms with E-state index >= 15 is 0 Å². The highest BCUT2D eigenvalue weighted by Crippen LogP contribution is 2.24. The standard InChI is InChI=1S/C16H27N3O/c1-5-19-15(10-14(18-19)11(2)3)16(20)17-13-8-6-7-12(4)9-13/h10-13H,5-9H2,1-4H3,(H,17,20)/t12-,13-/m1/s1. The Hall–Kier alpha value is -1.32. The Labute approximate surface area is 121 Å². The van der Waals surface area contributed by atoms with E-state index in [0.29, 0.717) is 17.7 Å². The van der Waals surface area contributed by atoms with E-state index in [1.165, 1.54) is 12.8 Å². The number of nitrogens with one attached hydrogen (secondary N) is 1. The second-order valence-electron chi connectivity index (χ2n) is 6.37. The molecule has 0 radical (unpaired) electrons. The zero-order chi connectivity index (χ0) is 14.7. The first kappa shape index (κ1) is 15.1. The van der Waals surface area contributed by atoms with Crippen LogP contribution in [0.4, 0.5) is 0 Å². The Morgan fingerprint density at radius 2 is 2.25 bits per heavy atom. The van der Waals surface area contributed by atoms with E-state index in [9.17, 15) is 4.79 Å². The summed E-state index contributed by atoms with van der Waals surface area (Å²) in [6.45, 7) is 9.23. The van der Waals surface area contributed by atoms with E-state index in [4.69, 9.17) is 0 Å². The first-order chi connectivity index (χ1) is 9.51. The maximum atomic E-state index is 12.5. The van der Waals surface area contributed by atoms with Gasteiger partial charge in [-0.1, -0.05) is 33.6 Å². The molecule has 4 nitrogen and oxygen atoms in total. The van der Waals surface area contributed by atoms with Gasteiger partial charge in [-0.15, -0.1) is 0 Å². The molecule has 4 heteroatoms. The van der Waals surface area contributed by atoms with Gasteiger partial charge in [-0.05, 0) is 37.7 Å². The van der Waals surface area contributed by atoms with Crippen molar-refractivity contribution in [2.24, 2.45) is 5.92 Å². The molecule has 1 aromatic rings. The summed E-state index contributed by atoms with van der Waals surface area (Å²) in [7, 11) is 0. The maximum Gasteiger partial charge on any atom is 0.269 e. The number of aryl methyl sites for hydroxylation is 1. The fourth-order valence-electron chi connectivity index (χ4n) is 2.97. The second kappa shape index (κ2) is 6.42. The van der Waals surface area contributed by atoms with Crippen molar-refractivity contribution in [2.45, 2.75) is 71.9 Å². The summed E-state index contributed by atoms with van der Waals surface area (Å²) < 4.78 is 1.82. The molecule has 1 aliphatic carbocycles. The highest BCUT2D eigenvalue weighted by atomic mass is 16.2. The number of nitrogens with zero attached hydrogens (tertiary/aromatic N) is 2. The van der Waals surface area contributed by atoms with Crippen molar-refractivity contribution in [3.8, 4) is 0 Å². The molecule has 1 saturated carbocycles. The molecule has 0 bridgehead atoms. The number of amides is 1. The number of carbonyl (C=O) groups excluding carboxylic acids is 1. The predicted octanol–water partition coefficient (Wildman–Crippen LogP) is 3.33. The molecule has 1 aromatic heterocycles. The zero-order valence-corrected chi connectivity index (χ0v) is 13.1. The van der Waals surface area contributed by atoms with Crippen molar-refractivity contribution in [1.82, 2.24) is 15.1 Å². The van der Waals surface area contributed by atoms with Gasteiger partial charge in [0.1, 0.15) is 5.69 Å². The molecular formula is C16H27N3O. The van der Waals surface area contributed by atoms with Gasteiger partial charge in [-0.2, -0.15) is 5.10 Å². The highest BCUT2D eigenvalue weighted by Gasteiger charge is 2.23. The Kier molecular flexibility index (Phi) is 4.84. The monoisotopic (exact) mass is 277 g/mol. The van der Waals surface area contributed by atoms with Gasteiger partial charge in [-0.25, -0.2) is 0 Å². The molecule has 0 saturated heterocycles. The largest absolute Gasteiger partial charge is 0.348 e. The fraction of sp³-hybridized carbons (Fsp3) is 0.750. The number of aromatic nitrogens is 2. The lowest BCUT2D eigenvalue weighted by molar-refractivity contribution is 0.0910. The van der Waals surface area contributed by atoms with Gasteiger partial charge in [0.25, 0.3) is 5.91 Å². The van der Waals surface area contributed by atoms with E-state index < -0.39 is 0 Å². The predicted molar refractivity (Wildman–Crippen MR) is 80.9 cm³/mol. The number of hydrogen-bond donors (Lipinski definition) is 1. The molecule has 0 unspecified atom stereocenters. The first-order valence-electron chi connectivity index (χ1n) is 7.89. The van der Waals surface area contributed by atoms with E-state index in [1.54, 1.807) is 0 Å². The lowest BCUT2D eigenvalue weighted by atomic mass is 9.87. The summed E-state index contributed by atoms with van der Waals surface area (Å²) in [5.74, 6) is 1.10. The molecule has 112 valence electrons. The van der Waals surface area contributed by atoms with Crippen LogP contribution in [0.5, 0.6) is 0 Å². The quantitative estimate of drug-likeness (QED) is 0.917. The molecule has 1 fully saturated rings. The van der Waals surface area contributed by atoms with Crippen molar-refractivity contribution in [2.75, 3.05) is 0 Å². The molecular weight excluding hydrogens is 250 g/mol. The molecule has 0 aliphatic heterocycles. The van der Waals surface area contributed by atoms with Crippen LogP contribution in [0.25, 0.3) is 0 Å². The van der Waals surface area contributed by atoms with Crippen LogP contribution in [0.3, 0.4) is 0 Å². The SMILES string of the molecule is CCn1nc(C(C)C)cc1C(=O)N[C@@H]1CCC[C@@H](C)C1. The van der Waals surface area contributed by atoms with E-state index in [1.807, 2.05) is 17.7 Å². The van der Waals surface area contributed by atoms with Crippen LogP contribution in [0.15, 0.2) is 6.07 Å². The average molecular weight is 277 g/mol. The van der Waals surface area contributed by atoms with Gasteiger partial charge in [0.05, 0.1) is 5.69 Å². The van der Waals surface area contributed by atoms with Crippen molar-refractivity contribution < 1.29 is 4.79 Å². The van der Waals surface area contributed by atoms with E-state index in [2.05, 4.69) is 31.2 Å². The van der Waals surface area contributed by atoms with Crippen LogP contribution in [0.1, 0.15) is 75.5 Å². The molecule has 2 atom stereocenters. The van der Waals surface area contributed by atoms with Crippen LogP contribution in [-0.2, 0) is 6.54 Å². The minimum Gasteiger partial charge on any atom is -0.348 e. The van der Waals surface area contributed by atoms with Crippen molar-refractivity contribution in [1.29, 1.82) is 0 Å². The van der Waals surface area contributed by atoms with Crippen LogP contribution in [-0.4, -0.2) is 21.7 Å². The molecule has 2 rings (SSSR count). The number of rotatable bonds is 4. The molecule has 1 amide bonds. The number of hydrogen-bond acceptors (Lipinski definition) is 2. The Bertz CT molecular complexity index is 464. The summed E-state index contributed by atoms with van der Waals surface area (Å²) in [5, 5.41) is 7.71. The third-order valence-electron chi connectivity index (χ3n) is 4.19. The maximum absolute atomic E-state index is 12.5. The van der Waals surface area contributed by atoms with Gasteiger partial charge in [0.2, 0.25) is 0 Å². The molecule has 0 aromatic carbocycles. The smallest absolute Gasteiger partial charge is 0.269 e. The van der Waals surface area contributed by atoms with E-state index in [-0.39, 0.29) is 5.91 Å². The minimum atomic E-state index is 0.0327. The molecule has 1 N–H and O–H groups in total. The van der Waals surface area contributed by atoms with Crippen molar-refractivity contribution in [3.63, 3.8) is 0 Å². The summed E-state index contributed by atoms with van der Waals surface area (Å²) in [4.78, 5) is 12.5. The Balaban J connectivity index is 2.08. The molecule has 1 heterocycles. The normalized spacial score (nSPS) is 23.1. The zero-order valence-electron chi connectivity index (χ0n) is 13.1. The summed E-state index contributed by atoms with van der Waals surface area (Å²) in [6, 6.07) is 2.27. The first-order valence-corrected chi connectivity index (χ1v) is 7.89. The Morgan fingerprint density at radius 1 is 1.50 bits per heavy atom. The second-order valence-corrected chi connectivity index (χ2v) is 6.37. The number of carbonyl (C=O) groups is 1. The Morgan fingerprint density at radius 3 is 2.85 bits per heavy atom. The molecule has 0 spiro atoms. The topological polar surface area (TPSA) is 46.9 Å². The van der Waals surface area contributed by atoms with Gasteiger partial charge < -0.3 is 5.32 Å². The van der Waals surface area contributed by atoms with E-state index in [0.717, 1.165) is 31.0 Å². The molecule has 20 heavy (non-hydrogen) atoms. The summed E-state index contributed by atoms with van der Waals surface area (Å²) in [5.41, 5.74) is 1.70. The van der Waals surface area contributed by atoms with Gasteiger partial charge in [0.15, 0.2) is 0 Å². The van der Waals surface area contributed by atoms with Crippen LogP contribution >= 0.6 is 0 Å². The lowest BCUT2D eigenvalue weighted by Gasteiger charge is -2.27. The van der Waals surface area contributed by atoms with Crippen molar-refractivity contribution in [3.05, 3.63) is 17.5 Å². The fourth-order valence-corrected chi connectivity index (χ4v) is 2.97. The van der Waals surface area contributed by atoms with Crippen molar-refractivity contribution >= 4 is 5.91 Å². The van der Waals surface area contributed by atoms with Gasteiger partial charge in [0, 0.05) is 12.6 Å². The van der Waals surface area contributed by atoms with Crippen LogP contribution < -0.4 is 5.32 Å². The third kappa shape index (κ3) is 3.41. The minimum absolute atomic E-state index is 0.0327. The summed E-state index contributed by atoms with van der Waals surface area (Å²) in [6.07, 6.45) is 4.71. The average Bonchev–Trinajstić information content (AvgIpc) is 2.83. The van der Waals surface area contributed by atoms with Gasteiger partial charge in [-0.3, -0.25) is 9.48 Å². The lowest BCUT2D eigenvalue weighted by Crippen LogP contribution is -2.38.